The summed E-state index contributed by atoms with van der Waals surface area (Å²) in [6.45, 7) is 1.45. The van der Waals surface area contributed by atoms with Crippen molar-refractivity contribution in [3.8, 4) is 11.5 Å². The van der Waals surface area contributed by atoms with E-state index in [0.29, 0.717) is 65.4 Å². The summed E-state index contributed by atoms with van der Waals surface area (Å²) >= 11 is 12.0. The highest BCUT2D eigenvalue weighted by molar-refractivity contribution is 7.88. The van der Waals surface area contributed by atoms with Crippen LogP contribution in [0.1, 0.15) is 18.4 Å². The van der Waals surface area contributed by atoms with Gasteiger partial charge in [0.25, 0.3) is 0 Å². The maximum absolute atomic E-state index is 13.0. The molecule has 1 N–H and O–H groups in total. The van der Waals surface area contributed by atoms with Gasteiger partial charge in [0.15, 0.2) is 11.5 Å². The lowest BCUT2D eigenvalue weighted by Gasteiger charge is -2.31. The fourth-order valence-corrected chi connectivity index (χ4v) is 5.90. The quantitative estimate of drug-likeness (QED) is 0.694. The molecule has 0 aromatic heterocycles. The van der Waals surface area contributed by atoms with Crippen molar-refractivity contribution in [3.63, 3.8) is 0 Å². The van der Waals surface area contributed by atoms with E-state index in [1.807, 2.05) is 0 Å². The van der Waals surface area contributed by atoms with Crippen LogP contribution in [0.25, 0.3) is 0 Å². The van der Waals surface area contributed by atoms with E-state index >= 15 is 0 Å². The minimum absolute atomic E-state index is 0.129. The molecule has 1 amide bonds. The number of piperidine rings is 1. The second-order valence-corrected chi connectivity index (χ2v) is 10.3. The maximum Gasteiger partial charge on any atom is 0.228 e. The van der Waals surface area contributed by atoms with Gasteiger partial charge in [-0.1, -0.05) is 29.3 Å². The summed E-state index contributed by atoms with van der Waals surface area (Å²) in [5.41, 5.74) is 1.07. The Morgan fingerprint density at radius 3 is 2.65 bits per heavy atom. The minimum atomic E-state index is -3.63. The highest BCUT2D eigenvalue weighted by Crippen LogP contribution is 2.33. The number of halogens is 2. The van der Waals surface area contributed by atoms with Crippen LogP contribution >= 0.6 is 23.2 Å². The normalized spacial score (nSPS) is 19.1. The van der Waals surface area contributed by atoms with Gasteiger partial charge in [-0.3, -0.25) is 4.79 Å². The number of carbonyl (C=O) groups excluding carboxylic acids is 1. The fraction of sp³-hybridized carbons (Fsp3) is 0.381. The van der Waals surface area contributed by atoms with E-state index in [4.69, 9.17) is 32.7 Å². The molecule has 7 nitrogen and oxygen atoms in total. The Morgan fingerprint density at radius 1 is 1.10 bits per heavy atom. The van der Waals surface area contributed by atoms with Crippen LogP contribution in [-0.4, -0.2) is 44.9 Å². The lowest BCUT2D eigenvalue weighted by molar-refractivity contribution is -0.120. The summed E-state index contributed by atoms with van der Waals surface area (Å²) in [6.07, 6.45) is 1.22. The molecule has 0 radical (unpaired) electrons. The number of ether oxygens (including phenoxy) is 2. The van der Waals surface area contributed by atoms with Crippen LogP contribution < -0.4 is 14.8 Å². The van der Waals surface area contributed by atoms with Crippen molar-refractivity contribution in [3.05, 3.63) is 52.0 Å². The van der Waals surface area contributed by atoms with E-state index in [1.54, 1.807) is 30.3 Å². The summed E-state index contributed by atoms with van der Waals surface area (Å²) < 4.78 is 38.3. The lowest BCUT2D eigenvalue weighted by atomic mass is 9.98. The van der Waals surface area contributed by atoms with E-state index in [9.17, 15) is 13.2 Å². The van der Waals surface area contributed by atoms with Crippen molar-refractivity contribution >= 4 is 44.8 Å². The van der Waals surface area contributed by atoms with Gasteiger partial charge in [0, 0.05) is 34.9 Å². The number of hydrogen-bond acceptors (Lipinski definition) is 5. The van der Waals surface area contributed by atoms with Crippen LogP contribution in [-0.2, 0) is 20.6 Å². The molecular formula is C21H22Cl2N2O5S. The molecule has 0 spiro atoms. The van der Waals surface area contributed by atoms with Gasteiger partial charge in [0.05, 0.1) is 11.7 Å². The smallest absolute Gasteiger partial charge is 0.228 e. The lowest BCUT2D eigenvalue weighted by Crippen LogP contribution is -2.44. The number of carbonyl (C=O) groups is 1. The first-order chi connectivity index (χ1) is 14.8. The van der Waals surface area contributed by atoms with Crippen LogP contribution in [0.5, 0.6) is 11.5 Å². The fourth-order valence-electron chi connectivity index (χ4n) is 3.70. The van der Waals surface area contributed by atoms with Gasteiger partial charge >= 0.3 is 0 Å². The second-order valence-electron chi connectivity index (χ2n) is 7.54. The van der Waals surface area contributed by atoms with Gasteiger partial charge in [-0.2, -0.15) is 0 Å². The molecular weight excluding hydrogens is 463 g/mol. The molecule has 2 aromatic carbocycles. The van der Waals surface area contributed by atoms with Crippen LogP contribution in [0, 0.1) is 5.92 Å². The predicted octanol–water partition coefficient (Wildman–Crippen LogP) is 3.95. The second kappa shape index (κ2) is 9.24. The van der Waals surface area contributed by atoms with Crippen molar-refractivity contribution in [2.24, 2.45) is 5.92 Å². The molecule has 2 aromatic rings. The molecule has 0 unspecified atom stereocenters. The number of benzene rings is 2. The van der Waals surface area contributed by atoms with Crippen LogP contribution in [0.3, 0.4) is 0 Å². The van der Waals surface area contributed by atoms with E-state index in [2.05, 4.69) is 5.32 Å². The summed E-state index contributed by atoms with van der Waals surface area (Å²) in [7, 11) is -3.63. The first-order valence-corrected chi connectivity index (χ1v) is 12.3. The largest absolute Gasteiger partial charge is 0.486 e. The number of anilines is 1. The Hall–Kier alpha value is -2.00. The van der Waals surface area contributed by atoms with Crippen molar-refractivity contribution in [2.45, 2.75) is 18.6 Å². The maximum atomic E-state index is 13.0. The molecule has 10 heteroatoms. The number of hydrogen-bond donors (Lipinski definition) is 1. The zero-order valence-corrected chi connectivity index (χ0v) is 19.0. The third-order valence-corrected chi connectivity index (χ3v) is 7.69. The average molecular weight is 485 g/mol. The number of nitrogens with zero attached hydrogens (tertiary/aromatic N) is 1. The SMILES string of the molecule is O=C(Nc1ccc2c(c1)OCCO2)[C@@H]1CCCN(S(=O)(=O)Cc2ccc(Cl)cc2Cl)C1. The first kappa shape index (κ1) is 22.2. The monoisotopic (exact) mass is 484 g/mol. The molecule has 2 aliphatic heterocycles. The highest BCUT2D eigenvalue weighted by Gasteiger charge is 2.33. The van der Waals surface area contributed by atoms with Gasteiger partial charge in [-0.15, -0.1) is 0 Å². The van der Waals surface area contributed by atoms with Crippen molar-refractivity contribution in [1.29, 1.82) is 0 Å². The van der Waals surface area contributed by atoms with Crippen molar-refractivity contribution in [1.82, 2.24) is 4.31 Å². The predicted molar refractivity (Wildman–Crippen MR) is 119 cm³/mol. The van der Waals surface area contributed by atoms with Gasteiger partial charge in [0.2, 0.25) is 15.9 Å². The molecule has 2 heterocycles. The van der Waals surface area contributed by atoms with Crippen LogP contribution in [0.2, 0.25) is 10.0 Å². The Morgan fingerprint density at radius 2 is 1.87 bits per heavy atom. The molecule has 2 aliphatic rings. The molecule has 166 valence electrons. The zero-order chi connectivity index (χ0) is 22.0. The zero-order valence-electron chi connectivity index (χ0n) is 16.6. The summed E-state index contributed by atoms with van der Waals surface area (Å²) in [5, 5.41) is 3.62. The number of fused-ring (bicyclic) bond motifs is 1. The third-order valence-electron chi connectivity index (χ3n) is 5.31. The summed E-state index contributed by atoms with van der Waals surface area (Å²) in [5.74, 6) is 0.315. The highest BCUT2D eigenvalue weighted by atomic mass is 35.5. The van der Waals surface area contributed by atoms with E-state index in [-0.39, 0.29) is 18.2 Å². The number of amides is 1. The minimum Gasteiger partial charge on any atom is -0.486 e. The standard InChI is InChI=1S/C21H22Cl2N2O5S/c22-16-4-3-15(18(23)10-16)13-31(27,28)25-7-1-2-14(12-25)21(26)24-17-5-6-19-20(11-17)30-9-8-29-19/h3-6,10-11,14H,1-2,7-9,12-13H2,(H,24,26)/t14-/m1/s1. The Kier molecular flexibility index (Phi) is 6.62. The van der Waals surface area contributed by atoms with Gasteiger partial charge in [-0.25, -0.2) is 12.7 Å². The van der Waals surface area contributed by atoms with Crippen molar-refractivity contribution in [2.75, 3.05) is 31.6 Å². The molecule has 0 aliphatic carbocycles. The average Bonchev–Trinajstić information content (AvgIpc) is 2.76. The molecule has 1 saturated heterocycles. The van der Waals surface area contributed by atoms with E-state index < -0.39 is 15.9 Å². The Balaban J connectivity index is 1.42. The molecule has 0 saturated carbocycles. The van der Waals surface area contributed by atoms with Gasteiger partial charge < -0.3 is 14.8 Å². The molecule has 31 heavy (non-hydrogen) atoms. The molecule has 1 atom stereocenters. The Labute approximate surface area is 191 Å². The molecule has 4 rings (SSSR count). The first-order valence-electron chi connectivity index (χ1n) is 9.94. The van der Waals surface area contributed by atoms with E-state index in [0.717, 1.165) is 0 Å². The van der Waals surface area contributed by atoms with Crippen LogP contribution in [0.4, 0.5) is 5.69 Å². The topological polar surface area (TPSA) is 84.9 Å². The van der Waals surface area contributed by atoms with E-state index in [1.165, 1.54) is 10.4 Å². The number of rotatable bonds is 5. The van der Waals surface area contributed by atoms with Gasteiger partial charge in [-0.05, 0) is 42.7 Å². The third kappa shape index (κ3) is 5.26. The molecule has 1 fully saturated rings. The summed E-state index contributed by atoms with van der Waals surface area (Å²) in [4.78, 5) is 12.8. The number of nitrogens with one attached hydrogen (secondary N) is 1. The number of sulfonamides is 1. The Bertz CT molecular complexity index is 1090. The van der Waals surface area contributed by atoms with Gasteiger partial charge in [0.1, 0.15) is 13.2 Å². The summed E-state index contributed by atoms with van der Waals surface area (Å²) in [6, 6.07) is 9.94. The molecule has 0 bridgehead atoms. The van der Waals surface area contributed by atoms with Crippen LogP contribution in [0.15, 0.2) is 36.4 Å². The van der Waals surface area contributed by atoms with Crippen molar-refractivity contribution < 1.29 is 22.7 Å².